The van der Waals surface area contributed by atoms with Crippen molar-refractivity contribution in [2.24, 2.45) is 0 Å². The van der Waals surface area contributed by atoms with Gasteiger partial charge in [0.15, 0.2) is 0 Å². The quantitative estimate of drug-likeness (QED) is 0.802. The summed E-state index contributed by atoms with van der Waals surface area (Å²) in [6.45, 7) is 6.34. The van der Waals surface area contributed by atoms with E-state index >= 15 is 0 Å². The minimum atomic E-state index is -0.0159. The average molecular weight is 248 g/mol. The Morgan fingerprint density at radius 1 is 1.50 bits per heavy atom. The van der Waals surface area contributed by atoms with Gasteiger partial charge < -0.3 is 9.64 Å². The van der Waals surface area contributed by atoms with Crippen molar-refractivity contribution in [3.8, 4) is 0 Å². The van der Waals surface area contributed by atoms with Gasteiger partial charge in [-0.25, -0.2) is 0 Å². The zero-order chi connectivity index (χ0) is 13.0. The van der Waals surface area contributed by atoms with Crippen LogP contribution in [0.5, 0.6) is 0 Å². The molecular formula is C14H20N2O2. The van der Waals surface area contributed by atoms with Crippen molar-refractivity contribution >= 4 is 5.91 Å². The van der Waals surface area contributed by atoms with Gasteiger partial charge in [-0.1, -0.05) is 29.8 Å². The molecule has 0 aliphatic carbocycles. The van der Waals surface area contributed by atoms with Gasteiger partial charge in [-0.3, -0.25) is 10.1 Å². The van der Waals surface area contributed by atoms with Crippen LogP contribution in [-0.4, -0.2) is 37.1 Å². The van der Waals surface area contributed by atoms with Crippen molar-refractivity contribution < 1.29 is 9.53 Å². The van der Waals surface area contributed by atoms with Gasteiger partial charge in [0.25, 0.3) is 0 Å². The summed E-state index contributed by atoms with van der Waals surface area (Å²) in [6, 6.07) is 8.25. The van der Waals surface area contributed by atoms with Crippen LogP contribution in [0.3, 0.4) is 0 Å². The summed E-state index contributed by atoms with van der Waals surface area (Å²) in [6.07, 6.45) is -0.0159. The fourth-order valence-corrected chi connectivity index (χ4v) is 2.24. The second-order valence-electron chi connectivity index (χ2n) is 4.48. The fourth-order valence-electron chi connectivity index (χ4n) is 2.24. The van der Waals surface area contributed by atoms with E-state index in [1.54, 1.807) is 0 Å². The maximum Gasteiger partial charge on any atom is 0.238 e. The molecule has 1 aromatic rings. The average Bonchev–Trinajstić information content (AvgIpc) is 2.72. The van der Waals surface area contributed by atoms with Gasteiger partial charge in [-0.2, -0.15) is 0 Å². The number of aryl methyl sites for hydroxylation is 1. The molecule has 1 unspecified atom stereocenters. The summed E-state index contributed by atoms with van der Waals surface area (Å²) >= 11 is 0. The normalized spacial score (nSPS) is 19.6. The van der Waals surface area contributed by atoms with Crippen molar-refractivity contribution in [1.29, 1.82) is 0 Å². The van der Waals surface area contributed by atoms with Crippen LogP contribution in [0.4, 0.5) is 0 Å². The van der Waals surface area contributed by atoms with Crippen molar-refractivity contribution in [1.82, 2.24) is 10.2 Å². The summed E-state index contributed by atoms with van der Waals surface area (Å²) in [5.41, 5.74) is 2.34. The minimum absolute atomic E-state index is 0.0159. The molecule has 18 heavy (non-hydrogen) atoms. The van der Waals surface area contributed by atoms with E-state index in [0.29, 0.717) is 26.3 Å². The van der Waals surface area contributed by atoms with Gasteiger partial charge in [-0.05, 0) is 19.4 Å². The first-order valence-electron chi connectivity index (χ1n) is 6.39. The number of carbonyl (C=O) groups is 1. The zero-order valence-corrected chi connectivity index (χ0v) is 11.0. The van der Waals surface area contributed by atoms with Crippen LogP contribution < -0.4 is 5.32 Å². The van der Waals surface area contributed by atoms with Gasteiger partial charge in [0.05, 0.1) is 13.2 Å². The summed E-state index contributed by atoms with van der Waals surface area (Å²) in [5, 5.41) is 3.25. The van der Waals surface area contributed by atoms with Crippen LogP contribution >= 0.6 is 0 Å². The van der Waals surface area contributed by atoms with Gasteiger partial charge in [-0.15, -0.1) is 0 Å². The van der Waals surface area contributed by atoms with Crippen molar-refractivity contribution in [3.63, 3.8) is 0 Å². The highest BCUT2D eigenvalue weighted by molar-refractivity contribution is 5.80. The first-order chi connectivity index (χ1) is 8.72. The summed E-state index contributed by atoms with van der Waals surface area (Å²) in [5.74, 6) is 0.140. The lowest BCUT2D eigenvalue weighted by Crippen LogP contribution is -2.33. The van der Waals surface area contributed by atoms with Crippen LogP contribution in [0.15, 0.2) is 24.3 Å². The molecule has 1 atom stereocenters. The van der Waals surface area contributed by atoms with E-state index in [-0.39, 0.29) is 12.1 Å². The lowest BCUT2D eigenvalue weighted by atomic mass is 10.1. The molecule has 1 aliphatic heterocycles. The molecule has 1 heterocycles. The zero-order valence-electron chi connectivity index (χ0n) is 11.0. The molecule has 1 saturated heterocycles. The lowest BCUT2D eigenvalue weighted by molar-refractivity contribution is -0.128. The number of nitrogens with zero attached hydrogens (tertiary/aromatic N) is 1. The molecule has 0 saturated carbocycles. The molecular weight excluding hydrogens is 228 g/mol. The Bertz CT molecular complexity index is 420. The molecule has 4 nitrogen and oxygen atoms in total. The van der Waals surface area contributed by atoms with E-state index in [0.717, 1.165) is 5.56 Å². The predicted molar refractivity (Wildman–Crippen MR) is 70.1 cm³/mol. The van der Waals surface area contributed by atoms with Crippen LogP contribution in [-0.2, 0) is 9.53 Å². The Morgan fingerprint density at radius 2 is 2.33 bits per heavy atom. The number of hydrogen-bond donors (Lipinski definition) is 1. The molecule has 4 heteroatoms. The van der Waals surface area contributed by atoms with Gasteiger partial charge in [0.2, 0.25) is 5.91 Å². The number of ether oxygens (including phenoxy) is 1. The van der Waals surface area contributed by atoms with Gasteiger partial charge in [0, 0.05) is 13.2 Å². The van der Waals surface area contributed by atoms with E-state index in [4.69, 9.17) is 4.74 Å². The molecule has 2 rings (SSSR count). The lowest BCUT2D eigenvalue weighted by Gasteiger charge is -2.24. The highest BCUT2D eigenvalue weighted by Crippen LogP contribution is 2.22. The van der Waals surface area contributed by atoms with Crippen molar-refractivity contribution in [2.75, 3.05) is 26.3 Å². The molecule has 1 N–H and O–H groups in total. The van der Waals surface area contributed by atoms with Crippen LogP contribution in [0.25, 0.3) is 0 Å². The number of amides is 1. The largest absolute Gasteiger partial charge is 0.380 e. The third kappa shape index (κ3) is 2.89. The Kier molecular flexibility index (Phi) is 4.33. The molecule has 1 aromatic carbocycles. The van der Waals surface area contributed by atoms with E-state index in [2.05, 4.69) is 30.4 Å². The molecule has 0 bridgehead atoms. The Balaban J connectivity index is 2.08. The van der Waals surface area contributed by atoms with Crippen LogP contribution in [0.2, 0.25) is 0 Å². The molecule has 0 spiro atoms. The first kappa shape index (κ1) is 13.1. The van der Waals surface area contributed by atoms with E-state index in [9.17, 15) is 4.79 Å². The Hall–Kier alpha value is -1.39. The molecule has 0 radical (unpaired) electrons. The van der Waals surface area contributed by atoms with Crippen molar-refractivity contribution in [2.45, 2.75) is 20.0 Å². The summed E-state index contributed by atoms with van der Waals surface area (Å²) in [4.78, 5) is 13.7. The van der Waals surface area contributed by atoms with Crippen molar-refractivity contribution in [3.05, 3.63) is 35.4 Å². The van der Waals surface area contributed by atoms with E-state index in [1.165, 1.54) is 5.56 Å². The number of benzene rings is 1. The number of hydrogen-bond acceptors (Lipinski definition) is 3. The second kappa shape index (κ2) is 5.98. The number of carbonyl (C=O) groups excluding carboxylic acids is 1. The molecule has 0 aromatic heterocycles. The summed E-state index contributed by atoms with van der Waals surface area (Å²) in [7, 11) is 0. The number of rotatable bonds is 5. The smallest absolute Gasteiger partial charge is 0.238 e. The SMILES string of the molecule is CCOCCN1C(=O)CNC1c1cccc(C)c1. The van der Waals surface area contributed by atoms with E-state index in [1.807, 2.05) is 17.9 Å². The predicted octanol–water partition coefficient (Wildman–Crippen LogP) is 1.46. The third-order valence-electron chi connectivity index (χ3n) is 3.12. The first-order valence-corrected chi connectivity index (χ1v) is 6.39. The van der Waals surface area contributed by atoms with Gasteiger partial charge >= 0.3 is 0 Å². The Labute approximate surface area is 108 Å². The maximum atomic E-state index is 11.8. The van der Waals surface area contributed by atoms with Gasteiger partial charge in [0.1, 0.15) is 6.17 Å². The summed E-state index contributed by atoms with van der Waals surface area (Å²) < 4.78 is 5.33. The second-order valence-corrected chi connectivity index (χ2v) is 4.48. The topological polar surface area (TPSA) is 41.6 Å². The number of nitrogens with one attached hydrogen (secondary N) is 1. The molecule has 98 valence electrons. The highest BCUT2D eigenvalue weighted by Gasteiger charge is 2.30. The molecule has 1 amide bonds. The van der Waals surface area contributed by atoms with Crippen LogP contribution in [0.1, 0.15) is 24.2 Å². The standard InChI is InChI=1S/C14H20N2O2/c1-3-18-8-7-16-13(17)10-15-14(16)12-6-4-5-11(2)9-12/h4-6,9,14-15H,3,7-8,10H2,1-2H3. The third-order valence-corrected chi connectivity index (χ3v) is 3.12. The molecule has 1 aliphatic rings. The Morgan fingerprint density at radius 3 is 3.06 bits per heavy atom. The minimum Gasteiger partial charge on any atom is -0.380 e. The van der Waals surface area contributed by atoms with E-state index < -0.39 is 0 Å². The fraction of sp³-hybridized carbons (Fsp3) is 0.500. The maximum absolute atomic E-state index is 11.8. The monoisotopic (exact) mass is 248 g/mol. The highest BCUT2D eigenvalue weighted by atomic mass is 16.5. The van der Waals surface area contributed by atoms with Crippen LogP contribution in [0, 0.1) is 6.92 Å². The molecule has 1 fully saturated rings.